The smallest absolute Gasteiger partial charge is 0.303 e. The van der Waals surface area contributed by atoms with Gasteiger partial charge in [0.15, 0.2) is 22.8 Å². The monoisotopic (exact) mass is 418 g/mol. The van der Waals surface area contributed by atoms with Crippen LogP contribution in [-0.2, 0) is 19.1 Å². The van der Waals surface area contributed by atoms with E-state index in [9.17, 15) is 19.5 Å². The molecule has 30 heavy (non-hydrogen) atoms. The molecule has 8 atom stereocenters. The first-order valence-electron chi connectivity index (χ1n) is 10.9. The van der Waals surface area contributed by atoms with Crippen molar-refractivity contribution in [1.29, 1.82) is 0 Å². The molecule has 4 aliphatic rings. The Bertz CT molecular complexity index is 892. The van der Waals surface area contributed by atoms with Crippen LogP contribution in [0.15, 0.2) is 23.8 Å². The van der Waals surface area contributed by atoms with E-state index < -0.39 is 40.1 Å². The lowest BCUT2D eigenvalue weighted by atomic mass is 9.43. The van der Waals surface area contributed by atoms with Crippen LogP contribution in [0.3, 0.4) is 0 Å². The van der Waals surface area contributed by atoms with E-state index in [2.05, 4.69) is 0 Å². The zero-order chi connectivity index (χ0) is 22.3. The molecule has 6 heteroatoms. The van der Waals surface area contributed by atoms with Crippen molar-refractivity contribution in [3.8, 4) is 0 Å². The first-order chi connectivity index (χ1) is 13.8. The number of alkyl halides is 1. The standard InChI is InChI=1S/C24H31FO5/c1-13-10-19-17-7-9-23(14(2)26,30-15(3)27)22(17,5)12-20(29)24(19,25)21(4)8-6-16(28)11-18(13)21/h6,8,11,13,17,19-20,29H,7,9-10,12H2,1-5H3/t13?,17?,19?,20?,21-,22-,23-,24-/m0/s1. The van der Waals surface area contributed by atoms with Crippen molar-refractivity contribution in [3.05, 3.63) is 23.8 Å². The van der Waals surface area contributed by atoms with E-state index in [4.69, 9.17) is 4.74 Å². The average Bonchev–Trinajstić information content (AvgIpc) is 2.92. The number of rotatable bonds is 2. The van der Waals surface area contributed by atoms with Gasteiger partial charge in [0, 0.05) is 23.7 Å². The maximum absolute atomic E-state index is 17.1. The van der Waals surface area contributed by atoms with Crippen LogP contribution >= 0.6 is 0 Å². The van der Waals surface area contributed by atoms with Crippen molar-refractivity contribution >= 4 is 17.5 Å². The van der Waals surface area contributed by atoms with Crippen molar-refractivity contribution in [3.63, 3.8) is 0 Å². The van der Waals surface area contributed by atoms with Crippen LogP contribution in [-0.4, -0.2) is 40.0 Å². The van der Waals surface area contributed by atoms with Crippen molar-refractivity contribution in [2.24, 2.45) is 28.6 Å². The van der Waals surface area contributed by atoms with E-state index in [-0.39, 0.29) is 29.8 Å². The fourth-order valence-electron chi connectivity index (χ4n) is 7.65. The van der Waals surface area contributed by atoms with Crippen molar-refractivity contribution in [2.75, 3.05) is 0 Å². The molecule has 3 fully saturated rings. The molecule has 4 rings (SSSR count). The highest BCUT2D eigenvalue weighted by Gasteiger charge is 2.75. The molecular weight excluding hydrogens is 387 g/mol. The molecule has 1 N–H and O–H groups in total. The van der Waals surface area contributed by atoms with Gasteiger partial charge in [-0.1, -0.05) is 25.5 Å². The molecule has 4 unspecified atom stereocenters. The Hall–Kier alpha value is -1.82. The molecule has 5 nitrogen and oxygen atoms in total. The van der Waals surface area contributed by atoms with Gasteiger partial charge in [0.1, 0.15) is 0 Å². The van der Waals surface area contributed by atoms with Crippen molar-refractivity contribution < 1.29 is 28.6 Å². The highest BCUT2D eigenvalue weighted by molar-refractivity contribution is 6.01. The fraction of sp³-hybridized carbons (Fsp3) is 0.708. The van der Waals surface area contributed by atoms with Crippen LogP contribution in [0.5, 0.6) is 0 Å². The number of ketones is 2. The molecule has 0 radical (unpaired) electrons. The van der Waals surface area contributed by atoms with E-state index in [1.54, 1.807) is 13.0 Å². The van der Waals surface area contributed by atoms with E-state index in [0.29, 0.717) is 19.3 Å². The minimum Gasteiger partial charge on any atom is -0.451 e. The Labute approximate surface area is 176 Å². The maximum Gasteiger partial charge on any atom is 0.303 e. The molecule has 4 aliphatic carbocycles. The third-order valence-electron chi connectivity index (χ3n) is 8.98. The molecule has 0 aromatic heterocycles. The van der Waals surface area contributed by atoms with Crippen molar-refractivity contribution in [2.45, 2.75) is 77.7 Å². The lowest BCUT2D eigenvalue weighted by Gasteiger charge is -2.63. The largest absolute Gasteiger partial charge is 0.451 e. The molecule has 3 saturated carbocycles. The van der Waals surface area contributed by atoms with Crippen LogP contribution in [0.4, 0.5) is 4.39 Å². The molecule has 0 aromatic rings. The number of carbonyl (C=O) groups excluding carboxylic acids is 3. The quantitative estimate of drug-likeness (QED) is 0.695. The molecule has 164 valence electrons. The Kier molecular flexibility index (Phi) is 4.53. The second-order valence-corrected chi connectivity index (χ2v) is 10.3. The first kappa shape index (κ1) is 21.4. The van der Waals surface area contributed by atoms with Gasteiger partial charge in [-0.15, -0.1) is 0 Å². The van der Waals surface area contributed by atoms with Gasteiger partial charge in [-0.2, -0.15) is 0 Å². The number of Topliss-reactive ketones (excluding diaryl/α,β-unsaturated/α-hetero) is 1. The summed E-state index contributed by atoms with van der Waals surface area (Å²) >= 11 is 0. The second-order valence-electron chi connectivity index (χ2n) is 10.3. The third kappa shape index (κ3) is 2.34. The fourth-order valence-corrected chi connectivity index (χ4v) is 7.65. The predicted molar refractivity (Wildman–Crippen MR) is 108 cm³/mol. The highest BCUT2D eigenvalue weighted by Crippen LogP contribution is 2.71. The zero-order valence-corrected chi connectivity index (χ0v) is 18.3. The number of halogens is 1. The van der Waals surface area contributed by atoms with Gasteiger partial charge in [0.25, 0.3) is 0 Å². The summed E-state index contributed by atoms with van der Waals surface area (Å²) in [6.07, 6.45) is 4.58. The lowest BCUT2D eigenvalue weighted by molar-refractivity contribution is -0.226. The van der Waals surface area contributed by atoms with Crippen molar-refractivity contribution in [1.82, 2.24) is 0 Å². The third-order valence-corrected chi connectivity index (χ3v) is 8.98. The Morgan fingerprint density at radius 3 is 2.50 bits per heavy atom. The van der Waals surface area contributed by atoms with Gasteiger partial charge in [0.05, 0.1) is 6.10 Å². The minimum atomic E-state index is -1.96. The molecule has 0 spiro atoms. The van der Waals surface area contributed by atoms with Crippen LogP contribution in [0, 0.1) is 28.6 Å². The Balaban J connectivity index is 1.86. The number of aliphatic hydroxyl groups is 1. The lowest BCUT2D eigenvalue weighted by Crippen LogP contribution is -2.70. The predicted octanol–water partition coefficient (Wildman–Crippen LogP) is 3.49. The van der Waals surface area contributed by atoms with Gasteiger partial charge in [0.2, 0.25) is 0 Å². The van der Waals surface area contributed by atoms with Crippen LogP contribution in [0.25, 0.3) is 0 Å². The summed E-state index contributed by atoms with van der Waals surface area (Å²) in [6.45, 7) is 8.34. The molecule has 0 amide bonds. The summed E-state index contributed by atoms with van der Waals surface area (Å²) in [7, 11) is 0. The van der Waals surface area contributed by atoms with Gasteiger partial charge in [-0.05, 0) is 63.5 Å². The van der Waals surface area contributed by atoms with Gasteiger partial charge in [-0.25, -0.2) is 4.39 Å². The summed E-state index contributed by atoms with van der Waals surface area (Å²) in [5, 5.41) is 11.3. The molecule has 0 aromatic carbocycles. The maximum atomic E-state index is 17.1. The highest BCUT2D eigenvalue weighted by atomic mass is 19.1. The SMILES string of the molecule is CC(=O)O[C@]1(C(C)=O)CCC2C3CC(C)C4=CC(=O)C=C[C@]4(C)[C@@]3(F)C(O)C[C@@]21C. The number of ether oxygens (including phenoxy) is 1. The number of aliphatic hydroxyl groups excluding tert-OH is 1. The van der Waals surface area contributed by atoms with E-state index in [1.165, 1.54) is 26.0 Å². The second kappa shape index (κ2) is 6.35. The summed E-state index contributed by atoms with van der Waals surface area (Å²) < 4.78 is 22.8. The van der Waals surface area contributed by atoms with Crippen LogP contribution < -0.4 is 0 Å². The molecular formula is C24H31FO5. The Morgan fingerprint density at radius 1 is 1.23 bits per heavy atom. The number of carbonyl (C=O) groups is 3. The number of allylic oxidation sites excluding steroid dienone is 4. The molecule has 0 saturated heterocycles. The van der Waals surface area contributed by atoms with E-state index in [0.717, 1.165) is 5.57 Å². The topological polar surface area (TPSA) is 80.7 Å². The number of hydrogen-bond acceptors (Lipinski definition) is 5. The number of fused-ring (bicyclic) bond motifs is 5. The Morgan fingerprint density at radius 2 is 1.90 bits per heavy atom. The number of esters is 1. The zero-order valence-electron chi connectivity index (χ0n) is 18.3. The normalized spacial score (nSPS) is 49.6. The summed E-state index contributed by atoms with van der Waals surface area (Å²) in [4.78, 5) is 36.7. The first-order valence-corrected chi connectivity index (χ1v) is 10.9. The summed E-state index contributed by atoms with van der Waals surface area (Å²) in [6, 6.07) is 0. The van der Waals surface area contributed by atoms with Gasteiger partial charge in [-0.3, -0.25) is 14.4 Å². The van der Waals surface area contributed by atoms with E-state index >= 15 is 4.39 Å². The van der Waals surface area contributed by atoms with E-state index in [1.807, 2.05) is 13.8 Å². The minimum absolute atomic E-state index is 0.0244. The molecule has 0 aliphatic heterocycles. The van der Waals surface area contributed by atoms with Gasteiger partial charge < -0.3 is 9.84 Å². The molecule has 0 heterocycles. The summed E-state index contributed by atoms with van der Waals surface area (Å²) in [5.74, 6) is -1.72. The summed E-state index contributed by atoms with van der Waals surface area (Å²) in [5.41, 5.74) is -4.52. The van der Waals surface area contributed by atoms with Crippen LogP contribution in [0.1, 0.15) is 60.3 Å². The van der Waals surface area contributed by atoms with Crippen LogP contribution in [0.2, 0.25) is 0 Å². The number of hydrogen-bond donors (Lipinski definition) is 1. The molecule has 0 bridgehead atoms. The van der Waals surface area contributed by atoms with Gasteiger partial charge >= 0.3 is 5.97 Å². The average molecular weight is 419 g/mol.